The molecule has 120 valence electrons. The van der Waals surface area contributed by atoms with Crippen molar-refractivity contribution in [1.29, 1.82) is 0 Å². The van der Waals surface area contributed by atoms with Gasteiger partial charge in [0.25, 0.3) is 0 Å². The lowest BCUT2D eigenvalue weighted by molar-refractivity contribution is 0.548. The lowest BCUT2D eigenvalue weighted by atomic mass is 10.1. The van der Waals surface area contributed by atoms with Gasteiger partial charge in [0.15, 0.2) is 0 Å². The van der Waals surface area contributed by atoms with Crippen molar-refractivity contribution in [2.75, 3.05) is 6.54 Å². The van der Waals surface area contributed by atoms with Crippen molar-refractivity contribution in [3.63, 3.8) is 0 Å². The second-order valence-corrected chi connectivity index (χ2v) is 6.02. The Labute approximate surface area is 127 Å². The molecule has 0 saturated heterocycles. The lowest BCUT2D eigenvalue weighted by Gasteiger charge is -2.07. The second-order valence-electron chi connectivity index (χ2n) is 6.02. The van der Waals surface area contributed by atoms with E-state index < -0.39 is 0 Å². The van der Waals surface area contributed by atoms with E-state index in [9.17, 15) is 0 Å². The number of allylic oxidation sites excluding steroid dienone is 2. The number of rotatable bonds is 15. The Kier molecular flexibility index (Phi) is 16.4. The fourth-order valence-electron chi connectivity index (χ4n) is 2.42. The zero-order chi connectivity index (χ0) is 14.9. The summed E-state index contributed by atoms with van der Waals surface area (Å²) in [6, 6.07) is 0.215. The third-order valence-electron chi connectivity index (χ3n) is 3.89. The van der Waals surface area contributed by atoms with Gasteiger partial charge in [0, 0.05) is 12.6 Å². The predicted octanol–water partition coefficient (Wildman–Crippen LogP) is 4.92. The van der Waals surface area contributed by atoms with Crippen molar-refractivity contribution in [2.45, 2.75) is 96.4 Å². The second kappa shape index (κ2) is 16.7. The van der Waals surface area contributed by atoms with E-state index in [1.165, 1.54) is 77.0 Å². The fraction of sp³-hybridized carbons (Fsp3) is 0.889. The maximum Gasteiger partial charge on any atom is 0.0163 e. The fourth-order valence-corrected chi connectivity index (χ4v) is 2.42. The van der Waals surface area contributed by atoms with Crippen LogP contribution in [0.15, 0.2) is 12.2 Å². The third-order valence-corrected chi connectivity index (χ3v) is 3.89. The number of nitrogens with two attached hydrogens (primary N) is 2. The highest BCUT2D eigenvalue weighted by Gasteiger charge is 1.97. The van der Waals surface area contributed by atoms with Gasteiger partial charge in [0.05, 0.1) is 0 Å². The standard InChI is InChI=1S/C18H38N2/c1-2-3-4-5-6-7-8-9-10-11-12-13-14-15-16-18(20)17-19/h9-10,18H,2-8,11-17,19-20H2,1H3/t18-/m0/s1. The molecule has 0 aromatic heterocycles. The van der Waals surface area contributed by atoms with Crippen LogP contribution in [0.1, 0.15) is 90.4 Å². The molecule has 0 heterocycles. The molecule has 0 fully saturated rings. The first-order valence-corrected chi connectivity index (χ1v) is 8.92. The van der Waals surface area contributed by atoms with Crippen molar-refractivity contribution < 1.29 is 0 Å². The molecule has 0 spiro atoms. The quantitative estimate of drug-likeness (QED) is 0.331. The molecule has 0 aromatic carbocycles. The van der Waals surface area contributed by atoms with Gasteiger partial charge in [-0.15, -0.1) is 0 Å². The Balaban J connectivity index is 3.09. The lowest BCUT2D eigenvalue weighted by Crippen LogP contribution is -2.29. The molecule has 0 aliphatic heterocycles. The van der Waals surface area contributed by atoms with Crippen LogP contribution in [0.25, 0.3) is 0 Å². The van der Waals surface area contributed by atoms with E-state index in [-0.39, 0.29) is 6.04 Å². The van der Waals surface area contributed by atoms with E-state index in [0.717, 1.165) is 6.42 Å². The normalized spacial score (nSPS) is 13.2. The Morgan fingerprint density at radius 3 is 1.80 bits per heavy atom. The summed E-state index contributed by atoms with van der Waals surface area (Å²) in [4.78, 5) is 0. The van der Waals surface area contributed by atoms with Gasteiger partial charge < -0.3 is 11.5 Å². The molecule has 20 heavy (non-hydrogen) atoms. The van der Waals surface area contributed by atoms with Gasteiger partial charge >= 0.3 is 0 Å². The van der Waals surface area contributed by atoms with Crippen LogP contribution in [-0.2, 0) is 0 Å². The monoisotopic (exact) mass is 282 g/mol. The maximum atomic E-state index is 5.78. The average Bonchev–Trinajstić information content (AvgIpc) is 2.47. The number of hydrogen-bond acceptors (Lipinski definition) is 2. The first kappa shape index (κ1) is 19.7. The molecule has 2 heteroatoms. The molecular weight excluding hydrogens is 244 g/mol. The highest BCUT2D eigenvalue weighted by molar-refractivity contribution is 4.81. The molecule has 0 amide bonds. The summed E-state index contributed by atoms with van der Waals surface area (Å²) >= 11 is 0. The molecule has 0 unspecified atom stereocenters. The van der Waals surface area contributed by atoms with Crippen molar-refractivity contribution >= 4 is 0 Å². The Hall–Kier alpha value is -0.340. The minimum absolute atomic E-state index is 0.215. The molecule has 0 saturated carbocycles. The summed E-state index contributed by atoms with van der Waals surface area (Å²) in [6.45, 7) is 2.90. The molecule has 0 rings (SSSR count). The van der Waals surface area contributed by atoms with Crippen molar-refractivity contribution in [1.82, 2.24) is 0 Å². The molecule has 0 aliphatic rings. The van der Waals surface area contributed by atoms with Crippen molar-refractivity contribution in [2.24, 2.45) is 11.5 Å². The van der Waals surface area contributed by atoms with Crippen LogP contribution in [0.2, 0.25) is 0 Å². The van der Waals surface area contributed by atoms with E-state index in [1.807, 2.05) is 0 Å². The van der Waals surface area contributed by atoms with E-state index >= 15 is 0 Å². The summed E-state index contributed by atoms with van der Waals surface area (Å²) in [5.41, 5.74) is 11.3. The van der Waals surface area contributed by atoms with Crippen LogP contribution >= 0.6 is 0 Å². The molecule has 0 radical (unpaired) electrons. The highest BCUT2D eigenvalue weighted by Crippen LogP contribution is 2.09. The van der Waals surface area contributed by atoms with Crippen LogP contribution in [0, 0.1) is 0 Å². The Morgan fingerprint density at radius 2 is 1.25 bits per heavy atom. The molecule has 0 aromatic rings. The van der Waals surface area contributed by atoms with E-state index in [4.69, 9.17) is 11.5 Å². The van der Waals surface area contributed by atoms with Crippen LogP contribution in [-0.4, -0.2) is 12.6 Å². The first-order valence-electron chi connectivity index (χ1n) is 8.92. The molecule has 0 bridgehead atoms. The van der Waals surface area contributed by atoms with Crippen molar-refractivity contribution in [3.05, 3.63) is 12.2 Å². The van der Waals surface area contributed by atoms with E-state index in [0.29, 0.717) is 6.54 Å². The molecule has 1 atom stereocenters. The third kappa shape index (κ3) is 15.7. The minimum atomic E-state index is 0.215. The first-order chi connectivity index (χ1) is 9.81. The smallest absolute Gasteiger partial charge is 0.0163 e. The summed E-state index contributed by atoms with van der Waals surface area (Å²) in [5, 5.41) is 0. The maximum absolute atomic E-state index is 5.78. The Bertz CT molecular complexity index is 202. The van der Waals surface area contributed by atoms with Crippen LogP contribution < -0.4 is 11.5 Å². The molecule has 0 aliphatic carbocycles. The summed E-state index contributed by atoms with van der Waals surface area (Å²) in [6.07, 6.45) is 21.9. The molecule has 4 N–H and O–H groups in total. The van der Waals surface area contributed by atoms with Gasteiger partial charge in [-0.1, -0.05) is 70.4 Å². The number of unbranched alkanes of at least 4 members (excludes halogenated alkanes) is 10. The zero-order valence-electron chi connectivity index (χ0n) is 13.8. The largest absolute Gasteiger partial charge is 0.329 e. The average molecular weight is 283 g/mol. The van der Waals surface area contributed by atoms with Gasteiger partial charge in [-0.05, 0) is 32.1 Å². The topological polar surface area (TPSA) is 52.0 Å². The van der Waals surface area contributed by atoms with Gasteiger partial charge in [-0.3, -0.25) is 0 Å². The predicted molar refractivity (Wildman–Crippen MR) is 91.9 cm³/mol. The summed E-state index contributed by atoms with van der Waals surface area (Å²) in [7, 11) is 0. The SMILES string of the molecule is CCCCCCCCC=CCCCCCC[C@H](N)CN. The van der Waals surface area contributed by atoms with Crippen LogP contribution in [0.4, 0.5) is 0 Å². The summed E-state index contributed by atoms with van der Waals surface area (Å²) in [5.74, 6) is 0. The summed E-state index contributed by atoms with van der Waals surface area (Å²) < 4.78 is 0. The van der Waals surface area contributed by atoms with Crippen LogP contribution in [0.3, 0.4) is 0 Å². The van der Waals surface area contributed by atoms with E-state index in [1.54, 1.807) is 0 Å². The Morgan fingerprint density at radius 1 is 0.750 bits per heavy atom. The van der Waals surface area contributed by atoms with Crippen LogP contribution in [0.5, 0.6) is 0 Å². The van der Waals surface area contributed by atoms with E-state index in [2.05, 4.69) is 19.1 Å². The van der Waals surface area contributed by atoms with Gasteiger partial charge in [-0.25, -0.2) is 0 Å². The highest BCUT2D eigenvalue weighted by atomic mass is 14.7. The molecule has 2 nitrogen and oxygen atoms in total. The van der Waals surface area contributed by atoms with Gasteiger partial charge in [-0.2, -0.15) is 0 Å². The zero-order valence-corrected chi connectivity index (χ0v) is 13.8. The minimum Gasteiger partial charge on any atom is -0.329 e. The van der Waals surface area contributed by atoms with Gasteiger partial charge in [0.1, 0.15) is 0 Å². The van der Waals surface area contributed by atoms with Crippen molar-refractivity contribution in [3.8, 4) is 0 Å². The van der Waals surface area contributed by atoms with Gasteiger partial charge in [0.2, 0.25) is 0 Å². The number of hydrogen-bond donors (Lipinski definition) is 2. The molecular formula is C18H38N2.